The average Bonchev–Trinajstić information content (AvgIpc) is 1.89. The molecule has 0 aliphatic heterocycles. The van der Waals surface area contributed by atoms with Crippen LogP contribution in [0, 0.1) is 0 Å². The fraction of sp³-hybridized carbons (Fsp3) is 0.400. The first-order chi connectivity index (χ1) is 4.18. The summed E-state index contributed by atoms with van der Waals surface area (Å²) in [5, 5.41) is 0. The van der Waals surface area contributed by atoms with E-state index in [1.807, 2.05) is 0 Å². The smallest absolute Gasteiger partial charge is 0.344 e. The molecule has 5 N–H and O–H groups in total. The van der Waals surface area contributed by atoms with Crippen LogP contribution in [-0.4, -0.2) is 5.91 Å². The van der Waals surface area contributed by atoms with Gasteiger partial charge in [0.25, 0.3) is 0 Å². The topological polar surface area (TPSA) is 78.1 Å². The predicted molar refractivity (Wildman–Crippen MR) is 40.7 cm³/mol. The zero-order valence-electron chi connectivity index (χ0n) is 6.27. The number of hydrogen-bond donors (Lipinski definition) is 2. The Balaban J connectivity index is -0.0000000910. The molecule has 3 nitrogen and oxygen atoms in total. The van der Waals surface area contributed by atoms with Crippen LogP contribution in [0.4, 0.5) is 0 Å². The summed E-state index contributed by atoms with van der Waals surface area (Å²) >= 11 is -0.640. The minimum absolute atomic E-state index is 0. The maximum Gasteiger partial charge on any atom is -0.344 e. The van der Waals surface area contributed by atoms with Gasteiger partial charge in [-0.3, -0.25) is 4.79 Å². The van der Waals surface area contributed by atoms with Gasteiger partial charge in [-0.2, -0.15) is 0 Å². The van der Waals surface area contributed by atoms with Crippen molar-refractivity contribution in [2.45, 2.75) is 10.9 Å². The number of amides is 1. The van der Waals surface area contributed by atoms with Gasteiger partial charge in [0.15, 0.2) is 0 Å². The third-order valence-corrected chi connectivity index (χ3v) is 5.18. The molecule has 0 fully saturated rings. The number of carbonyl (C=O) groups excluding carboxylic acids is 1. The van der Waals surface area contributed by atoms with E-state index in [0.29, 0.717) is 0 Å². The normalized spacial score (nSPS) is 5.40. The average molecular weight is 353 g/mol. The van der Waals surface area contributed by atoms with Crippen molar-refractivity contribution in [3.05, 3.63) is 12.7 Å². The molecule has 0 aromatic carbocycles. The summed E-state index contributed by atoms with van der Waals surface area (Å²) in [4.78, 5) is 9.47. The second-order valence-electron chi connectivity index (χ2n) is 1.30. The maximum absolute atomic E-state index is 9.47. The van der Waals surface area contributed by atoms with Crippen molar-refractivity contribution in [1.29, 1.82) is 0 Å². The fourth-order valence-electron chi connectivity index (χ4n) is 0. The Morgan fingerprint density at radius 3 is 2.10 bits per heavy atom. The minimum Gasteiger partial charge on any atom is -0.344 e. The van der Waals surface area contributed by atoms with Gasteiger partial charge in [-0.15, -0.1) is 0 Å². The molecule has 1 amide bonds. The molecule has 0 bridgehead atoms. The van der Waals surface area contributed by atoms with Crippen molar-refractivity contribution in [2.75, 3.05) is 0 Å². The van der Waals surface area contributed by atoms with E-state index in [4.69, 9.17) is 8.25 Å². The molecule has 0 aliphatic rings. The van der Waals surface area contributed by atoms with E-state index in [1.165, 1.54) is 3.93 Å². The SMILES string of the molecule is C=CC(N)=O.C[CH2][Hg][Cl].N. The molecule has 0 aromatic heterocycles. The van der Waals surface area contributed by atoms with E-state index in [1.54, 1.807) is 0 Å². The number of halogens is 1. The summed E-state index contributed by atoms with van der Waals surface area (Å²) in [5.74, 6) is -0.481. The van der Waals surface area contributed by atoms with Crippen molar-refractivity contribution < 1.29 is 28.1 Å². The maximum atomic E-state index is 9.47. The molecule has 0 aromatic rings. The summed E-state index contributed by atoms with van der Waals surface area (Å²) in [6.45, 7) is 5.23. The first kappa shape index (κ1) is 16.8. The molecule has 0 radical (unpaired) electrons. The largest absolute Gasteiger partial charge is 0.344 e. The number of nitrogens with two attached hydrogens (primary N) is 1. The molecule has 0 heterocycles. The van der Waals surface area contributed by atoms with E-state index in [9.17, 15) is 4.79 Å². The van der Waals surface area contributed by atoms with Gasteiger partial charge in [0, 0.05) is 0 Å². The first-order valence-corrected chi connectivity index (χ1v) is 13.3. The van der Waals surface area contributed by atoms with Crippen molar-refractivity contribution in [1.82, 2.24) is 6.15 Å². The Hall–Kier alpha value is 0.395. The minimum atomic E-state index is -0.640. The molecular formula is C5H13ClHgN2O. The number of primary amides is 1. The van der Waals surface area contributed by atoms with Gasteiger partial charge in [0.1, 0.15) is 0 Å². The van der Waals surface area contributed by atoms with E-state index in [0.717, 1.165) is 6.08 Å². The van der Waals surface area contributed by atoms with Crippen LogP contribution in [0.3, 0.4) is 0 Å². The van der Waals surface area contributed by atoms with Gasteiger partial charge >= 0.3 is 42.4 Å². The molecule has 0 saturated carbocycles. The van der Waals surface area contributed by atoms with Crippen LogP contribution >= 0.6 is 8.25 Å². The second-order valence-corrected chi connectivity index (χ2v) is 9.97. The molecule has 0 aliphatic carbocycles. The van der Waals surface area contributed by atoms with E-state index < -0.39 is 29.2 Å². The number of carbonyl (C=O) groups is 1. The summed E-state index contributed by atoms with van der Waals surface area (Å²) < 4.78 is 1.31. The predicted octanol–water partition coefficient (Wildman–Crippen LogP) is 1.48. The van der Waals surface area contributed by atoms with Gasteiger partial charge in [-0.25, -0.2) is 0 Å². The third kappa shape index (κ3) is 39.8. The first-order valence-electron chi connectivity index (χ1n) is 2.66. The van der Waals surface area contributed by atoms with Gasteiger partial charge in [-0.05, 0) is 6.08 Å². The van der Waals surface area contributed by atoms with Crippen LogP contribution in [0.5, 0.6) is 0 Å². The molecule has 58 valence electrons. The third-order valence-electron chi connectivity index (χ3n) is 0.390. The van der Waals surface area contributed by atoms with Gasteiger partial charge in [0.05, 0.1) is 0 Å². The number of hydrogen-bond acceptors (Lipinski definition) is 2. The second kappa shape index (κ2) is 16.2. The van der Waals surface area contributed by atoms with Crippen LogP contribution in [-0.2, 0) is 28.1 Å². The van der Waals surface area contributed by atoms with E-state index in [2.05, 4.69) is 19.2 Å². The quantitative estimate of drug-likeness (QED) is 0.583. The van der Waals surface area contributed by atoms with Gasteiger partial charge < -0.3 is 11.9 Å². The van der Waals surface area contributed by atoms with Crippen LogP contribution in [0.2, 0.25) is 3.93 Å². The van der Waals surface area contributed by atoms with E-state index in [-0.39, 0.29) is 6.15 Å². The summed E-state index contributed by atoms with van der Waals surface area (Å²) in [5.41, 5.74) is 4.53. The Morgan fingerprint density at radius 1 is 1.90 bits per heavy atom. The van der Waals surface area contributed by atoms with Gasteiger partial charge in [0.2, 0.25) is 5.91 Å². The Kier molecular flexibility index (Phi) is 27.2. The zero-order chi connectivity index (χ0) is 7.70. The molecule has 0 saturated heterocycles. The molecule has 5 heteroatoms. The molecule has 10 heavy (non-hydrogen) atoms. The molecule has 0 spiro atoms. The summed E-state index contributed by atoms with van der Waals surface area (Å²) in [7, 11) is 5.41. The number of rotatable bonds is 2. The molecule has 0 atom stereocenters. The van der Waals surface area contributed by atoms with Crippen molar-refractivity contribution in [3.8, 4) is 0 Å². The Labute approximate surface area is 77.5 Å². The van der Waals surface area contributed by atoms with Gasteiger partial charge in [-0.1, -0.05) is 6.58 Å². The van der Waals surface area contributed by atoms with E-state index >= 15 is 0 Å². The monoisotopic (exact) mass is 354 g/mol. The Bertz CT molecular complexity index is 87.7. The van der Waals surface area contributed by atoms with Crippen LogP contribution in [0.25, 0.3) is 0 Å². The summed E-state index contributed by atoms with van der Waals surface area (Å²) in [6.07, 6.45) is 1.06. The zero-order valence-corrected chi connectivity index (χ0v) is 12.5. The van der Waals surface area contributed by atoms with Crippen LogP contribution in [0.1, 0.15) is 6.92 Å². The van der Waals surface area contributed by atoms with Crippen molar-refractivity contribution in [2.24, 2.45) is 5.73 Å². The molecular weight excluding hydrogens is 340 g/mol. The standard InChI is InChI=1S/C3H5NO.C2H5.ClH.Hg.H3N/c1-2-3(4)5;1-2;;;/h2H,1H2,(H2,4,5);1H2,2H3;1H;;1H3/q;;;+1;/p-1. The van der Waals surface area contributed by atoms with Crippen molar-refractivity contribution in [3.63, 3.8) is 0 Å². The fourth-order valence-corrected chi connectivity index (χ4v) is 0. The summed E-state index contributed by atoms with van der Waals surface area (Å²) in [6, 6.07) is 0. The van der Waals surface area contributed by atoms with Crippen LogP contribution < -0.4 is 11.9 Å². The Morgan fingerprint density at radius 2 is 2.10 bits per heavy atom. The van der Waals surface area contributed by atoms with Crippen molar-refractivity contribution >= 4 is 14.2 Å². The molecule has 0 rings (SSSR count). The van der Waals surface area contributed by atoms with Crippen LogP contribution in [0.15, 0.2) is 12.7 Å². The molecule has 0 unspecified atom stereocenters.